The minimum absolute atomic E-state index is 0.0320. The third kappa shape index (κ3) is 26.9. The topological polar surface area (TPSA) is 516 Å². The number of carboxylic acids is 2. The molecule has 2 aliphatic rings. The standard InChI is InChI=1S/C50H86N12O24S/c1-7-15-77-21-23-81-25-26-82-24-22-80-16-10-59(6)87(75,76)62(13-19-78-17-11-60(8-2)49(73)85-41(35(67)29-63)43-39(55-31(4)65)33(57-47(51)52)27-37(83-43)45(69)70)14-20-79-18-12-61(9-3)50(74)86-42(36(68)30-64)44-40(56-32(5)66)34(58-48(53)54)28-38(84-44)46(71)72/h1,27-28,33-36,39-44,63-64,67-68H,8-26,29-30H2,2-6H3,(H,55,65)(H,56,66)(H,69,70)(H,71,72)(H4,51,52,57)(H4,53,54,58)/t33-,34-,35+,36+,39+,40+,41+,42+,43+,44+/m0/s1. The molecule has 496 valence electrons. The lowest BCUT2D eigenvalue weighted by molar-refractivity contribution is -0.148. The molecule has 0 saturated heterocycles. The Kier molecular flexibility index (Phi) is 35.5. The van der Waals surface area contributed by atoms with Crippen LogP contribution in [0.5, 0.6) is 0 Å². The lowest BCUT2D eigenvalue weighted by Gasteiger charge is -2.40. The van der Waals surface area contributed by atoms with Gasteiger partial charge in [-0.25, -0.2) is 29.2 Å². The molecule has 0 aromatic rings. The fourth-order valence-electron chi connectivity index (χ4n) is 8.20. The summed E-state index contributed by atoms with van der Waals surface area (Å²) in [6.07, 6.45) is -5.90. The summed E-state index contributed by atoms with van der Waals surface area (Å²) < 4.78 is 85.8. The summed E-state index contributed by atoms with van der Waals surface area (Å²) in [6, 6.07) is -5.27. The number of carboxylic acid groups (broad SMARTS) is 2. The molecule has 2 aliphatic heterocycles. The van der Waals surface area contributed by atoms with Crippen LogP contribution >= 0.6 is 0 Å². The van der Waals surface area contributed by atoms with E-state index in [9.17, 15) is 67.8 Å². The number of ether oxygens (including phenoxy) is 10. The summed E-state index contributed by atoms with van der Waals surface area (Å²) in [5.74, 6) is -4.62. The average molecular weight is 1270 g/mol. The molecular weight excluding hydrogens is 1180 g/mol. The van der Waals surface area contributed by atoms with Gasteiger partial charge in [-0.2, -0.15) is 17.0 Å². The first-order valence-corrected chi connectivity index (χ1v) is 28.7. The Bertz CT molecular complexity index is 2320. The van der Waals surface area contributed by atoms with Crippen molar-refractivity contribution in [3.8, 4) is 12.3 Å². The zero-order valence-electron chi connectivity index (χ0n) is 49.3. The van der Waals surface area contributed by atoms with E-state index in [1.165, 1.54) is 7.05 Å². The van der Waals surface area contributed by atoms with Gasteiger partial charge < -0.3 is 121 Å². The zero-order valence-corrected chi connectivity index (χ0v) is 50.1. The van der Waals surface area contributed by atoms with E-state index in [1.807, 2.05) is 0 Å². The highest BCUT2D eigenvalue weighted by molar-refractivity contribution is 7.86. The molecule has 2 heterocycles. The predicted molar refractivity (Wildman–Crippen MR) is 304 cm³/mol. The summed E-state index contributed by atoms with van der Waals surface area (Å²) >= 11 is 0. The van der Waals surface area contributed by atoms with Crippen molar-refractivity contribution in [3.63, 3.8) is 0 Å². The summed E-state index contributed by atoms with van der Waals surface area (Å²) in [5.41, 5.74) is 22.3. The zero-order chi connectivity index (χ0) is 65.2. The first kappa shape index (κ1) is 76.2. The molecule has 0 aromatic carbocycles. The van der Waals surface area contributed by atoms with Gasteiger partial charge in [0.05, 0.1) is 110 Å². The molecule has 10 atom stereocenters. The number of aliphatic imine (C=N–C) groups is 2. The first-order chi connectivity index (χ1) is 41.3. The lowest BCUT2D eigenvalue weighted by Crippen LogP contribution is -2.61. The van der Waals surface area contributed by atoms with E-state index in [0.29, 0.717) is 19.8 Å². The number of aliphatic carboxylic acids is 2. The fraction of sp³-hybridized carbons (Fsp3) is 0.720. The number of nitrogens with one attached hydrogen (secondary N) is 2. The summed E-state index contributed by atoms with van der Waals surface area (Å²) in [4.78, 5) is 86.2. The number of likely N-dealkylation sites (N-methyl/N-ethyl adjacent to an activating group) is 3. The average Bonchev–Trinajstić information content (AvgIpc) is 1.49. The van der Waals surface area contributed by atoms with E-state index < -0.39 is 144 Å². The Hall–Kier alpha value is -6.93. The van der Waals surface area contributed by atoms with Gasteiger partial charge in [0.1, 0.15) is 18.8 Å². The number of carbonyl (C=O) groups excluding carboxylic acids is 4. The van der Waals surface area contributed by atoms with Crippen LogP contribution in [-0.4, -0.2) is 311 Å². The van der Waals surface area contributed by atoms with Crippen molar-refractivity contribution >= 4 is 58.1 Å². The van der Waals surface area contributed by atoms with Crippen molar-refractivity contribution in [2.24, 2.45) is 32.9 Å². The van der Waals surface area contributed by atoms with Crippen molar-refractivity contribution in [3.05, 3.63) is 23.7 Å². The maximum Gasteiger partial charge on any atom is 0.410 e. The van der Waals surface area contributed by atoms with Gasteiger partial charge in [0.15, 0.2) is 36.3 Å². The highest BCUT2D eigenvalue weighted by Crippen LogP contribution is 2.29. The molecule has 0 radical (unpaired) electrons. The normalized spacial score (nSPS) is 19.7. The highest BCUT2D eigenvalue weighted by Gasteiger charge is 2.48. The highest BCUT2D eigenvalue weighted by atomic mass is 32.2. The number of nitrogens with two attached hydrogens (primary N) is 4. The summed E-state index contributed by atoms with van der Waals surface area (Å²) in [5, 5.41) is 66.4. The summed E-state index contributed by atoms with van der Waals surface area (Å²) in [6.45, 7) is 2.92. The van der Waals surface area contributed by atoms with Gasteiger partial charge in [-0.1, -0.05) is 5.92 Å². The largest absolute Gasteiger partial charge is 0.477 e. The van der Waals surface area contributed by atoms with Gasteiger partial charge in [0, 0.05) is 66.7 Å². The number of aliphatic hydroxyl groups excluding tert-OH is 4. The molecule has 0 bridgehead atoms. The van der Waals surface area contributed by atoms with Crippen molar-refractivity contribution < 1.29 is 115 Å². The second kappa shape index (κ2) is 40.5. The van der Waals surface area contributed by atoms with Gasteiger partial charge in [-0.15, -0.1) is 6.42 Å². The molecule has 0 aliphatic carbocycles. The van der Waals surface area contributed by atoms with Gasteiger partial charge in [0.2, 0.25) is 23.3 Å². The second-order valence-corrected chi connectivity index (χ2v) is 20.8. The van der Waals surface area contributed by atoms with Crippen molar-refractivity contribution in [2.75, 3.05) is 145 Å². The Labute approximate surface area is 503 Å². The van der Waals surface area contributed by atoms with Crippen LogP contribution in [0.2, 0.25) is 0 Å². The molecule has 87 heavy (non-hydrogen) atoms. The van der Waals surface area contributed by atoms with Crippen LogP contribution in [0, 0.1) is 12.3 Å². The maximum atomic E-state index is 14.1. The maximum absolute atomic E-state index is 14.1. The Morgan fingerprint density at radius 3 is 1.30 bits per heavy atom. The minimum Gasteiger partial charge on any atom is -0.477 e. The van der Waals surface area contributed by atoms with Gasteiger partial charge >= 0.3 is 24.1 Å². The lowest BCUT2D eigenvalue weighted by atomic mass is 9.92. The Morgan fingerprint density at radius 1 is 0.621 bits per heavy atom. The van der Waals surface area contributed by atoms with Crippen molar-refractivity contribution in [2.45, 2.75) is 88.5 Å². The third-order valence-corrected chi connectivity index (χ3v) is 14.4. The van der Waals surface area contributed by atoms with E-state index in [0.717, 1.165) is 44.4 Å². The van der Waals surface area contributed by atoms with E-state index in [-0.39, 0.29) is 105 Å². The molecule has 0 spiro atoms. The molecule has 0 fully saturated rings. The fourth-order valence-corrected chi connectivity index (χ4v) is 9.51. The molecule has 36 nitrogen and oxygen atoms in total. The SMILES string of the molecule is C#CCOCCOCCOCCOCCN(C)S(=O)(=O)N(CCOCCN(CC)C(=O)O[C@@H]([C@@H]1OC(C(=O)O)=C[C@H](N=C(N)N)[C@H]1NC(C)=O)[C@H](O)CO)CCOCCN(CC)C(=O)O[C@@H]([C@@H]1OC(C(=O)O)=C[C@H](N=C(N)N)[C@H]1NC(C)=O)[C@H](O)CO. The molecule has 16 N–H and O–H groups in total. The number of terminal acetylenes is 1. The molecule has 0 unspecified atom stereocenters. The van der Waals surface area contributed by atoms with Crippen LogP contribution < -0.4 is 33.6 Å². The molecular formula is C50H86N12O24S. The number of nitrogens with zero attached hydrogens (tertiary/aromatic N) is 6. The van der Waals surface area contributed by atoms with E-state index >= 15 is 0 Å². The van der Waals surface area contributed by atoms with Crippen LogP contribution in [0.4, 0.5) is 9.59 Å². The molecule has 37 heteroatoms. The van der Waals surface area contributed by atoms with Crippen LogP contribution in [0.3, 0.4) is 0 Å². The van der Waals surface area contributed by atoms with Crippen LogP contribution in [0.1, 0.15) is 27.7 Å². The van der Waals surface area contributed by atoms with Gasteiger partial charge in [-0.05, 0) is 26.0 Å². The number of hydrogen-bond donors (Lipinski definition) is 12. The molecule has 0 aromatic heterocycles. The minimum atomic E-state index is -4.30. The molecule has 2 rings (SSSR count). The van der Waals surface area contributed by atoms with Crippen LogP contribution in [0.15, 0.2) is 33.7 Å². The van der Waals surface area contributed by atoms with E-state index in [4.69, 9.17) is 76.7 Å². The Morgan fingerprint density at radius 2 is 0.966 bits per heavy atom. The quantitative estimate of drug-likeness (QED) is 0.0117. The first-order valence-electron chi connectivity index (χ1n) is 27.3. The molecule has 0 saturated carbocycles. The number of aliphatic hydroxyl groups is 4. The summed E-state index contributed by atoms with van der Waals surface area (Å²) in [7, 11) is -2.98. The predicted octanol–water partition coefficient (Wildman–Crippen LogP) is -6.41. The van der Waals surface area contributed by atoms with Crippen molar-refractivity contribution in [1.82, 2.24) is 29.0 Å². The number of rotatable bonds is 43. The number of guanidine groups is 2. The van der Waals surface area contributed by atoms with E-state index in [1.54, 1.807) is 13.8 Å². The van der Waals surface area contributed by atoms with Gasteiger partial charge in [-0.3, -0.25) is 9.59 Å². The number of amides is 4. The monoisotopic (exact) mass is 1270 g/mol. The smallest absolute Gasteiger partial charge is 0.410 e. The Balaban J connectivity index is 2.23. The van der Waals surface area contributed by atoms with Crippen LogP contribution in [0.25, 0.3) is 0 Å². The second-order valence-electron chi connectivity index (χ2n) is 18.8. The van der Waals surface area contributed by atoms with Gasteiger partial charge in [0.25, 0.3) is 10.2 Å². The van der Waals surface area contributed by atoms with Crippen LogP contribution in [-0.2, 0) is 76.8 Å². The number of carbonyl (C=O) groups is 6. The third-order valence-electron chi connectivity index (χ3n) is 12.5. The van der Waals surface area contributed by atoms with Crippen molar-refractivity contribution in [1.29, 1.82) is 0 Å². The molecule has 4 amide bonds. The van der Waals surface area contributed by atoms with E-state index in [2.05, 4.69) is 26.5 Å². The number of hydrogen-bond acceptors (Lipinski definition) is 24.